The summed E-state index contributed by atoms with van der Waals surface area (Å²) in [6.07, 6.45) is 0. The molecule has 6 aromatic heterocycles. The van der Waals surface area contributed by atoms with Crippen LogP contribution in [0.25, 0.3) is 94.2 Å². The fraction of sp³-hybridized carbons (Fsp3) is 0. The molecule has 0 fully saturated rings. The van der Waals surface area contributed by atoms with Crippen molar-refractivity contribution in [2.45, 2.75) is 0 Å². The highest BCUT2D eigenvalue weighted by Crippen LogP contribution is 2.44. The summed E-state index contributed by atoms with van der Waals surface area (Å²) in [7, 11) is 0. The van der Waals surface area contributed by atoms with Crippen LogP contribution in [0.3, 0.4) is 0 Å². The van der Waals surface area contributed by atoms with E-state index in [1.807, 2.05) is 12.1 Å². The zero-order chi connectivity index (χ0) is 32.3. The molecule has 12 heteroatoms. The summed E-state index contributed by atoms with van der Waals surface area (Å²) in [6, 6.07) is 22.9. The number of aromatic nitrogens is 2. The molecule has 4 nitrogen and oxygen atoms in total. The van der Waals surface area contributed by atoms with Crippen LogP contribution in [0.1, 0.15) is 0 Å². The van der Waals surface area contributed by atoms with E-state index < -0.39 is 23.3 Å². The number of hydrogen-bond donors (Lipinski definition) is 0. The van der Waals surface area contributed by atoms with Crippen LogP contribution in [-0.4, -0.2) is 9.97 Å². The maximum Gasteiger partial charge on any atom is 0.148 e. The van der Waals surface area contributed by atoms with Crippen molar-refractivity contribution < 1.29 is 26.4 Å². The molecule has 0 atom stereocenters. The van der Waals surface area contributed by atoms with Gasteiger partial charge in [0.05, 0.1) is 30.2 Å². The third kappa shape index (κ3) is 4.51. The van der Waals surface area contributed by atoms with E-state index >= 15 is 8.78 Å². The fourth-order valence-electron chi connectivity index (χ4n) is 5.82. The zero-order valence-corrected chi connectivity index (χ0v) is 27.2. The third-order valence-corrected chi connectivity index (χ3v) is 12.7. The Balaban J connectivity index is 0.988. The van der Waals surface area contributed by atoms with Crippen molar-refractivity contribution in [2.24, 2.45) is 0 Å². The summed E-state index contributed by atoms with van der Waals surface area (Å²) in [5, 5.41) is 4.71. The molecule has 0 amide bonds. The topological polar surface area (TPSA) is 52.1 Å². The molecule has 0 N–H and O–H groups in total. The second kappa shape index (κ2) is 10.3. The molecule has 0 aliphatic rings. The minimum atomic E-state index is -0.424. The van der Waals surface area contributed by atoms with Crippen molar-refractivity contribution in [2.75, 3.05) is 0 Å². The summed E-state index contributed by atoms with van der Waals surface area (Å²) in [5.74, 6) is -0.994. The minimum absolute atomic E-state index is 0.332. The van der Waals surface area contributed by atoms with Gasteiger partial charge in [-0.3, -0.25) is 0 Å². The van der Waals surface area contributed by atoms with E-state index in [4.69, 9.17) is 18.8 Å². The zero-order valence-electron chi connectivity index (χ0n) is 23.9. The summed E-state index contributed by atoms with van der Waals surface area (Å²) < 4.78 is 71.0. The lowest BCUT2D eigenvalue weighted by Crippen LogP contribution is -1.76. The second-order valence-electron chi connectivity index (χ2n) is 11.2. The molecule has 0 aliphatic heterocycles. The molecule has 0 unspecified atom stereocenters. The van der Waals surface area contributed by atoms with Gasteiger partial charge in [-0.15, -0.1) is 45.3 Å². The van der Waals surface area contributed by atoms with E-state index in [-0.39, 0.29) is 0 Å². The van der Waals surface area contributed by atoms with Crippen molar-refractivity contribution in [3.63, 3.8) is 0 Å². The first-order chi connectivity index (χ1) is 23.3. The van der Waals surface area contributed by atoms with Crippen LogP contribution in [0.4, 0.5) is 17.6 Å². The minimum Gasteiger partial charge on any atom is -0.455 e. The van der Waals surface area contributed by atoms with Gasteiger partial charge < -0.3 is 8.83 Å². The molecule has 4 aromatic carbocycles. The normalized spacial score (nSPS) is 12.2. The Labute approximate surface area is 282 Å². The van der Waals surface area contributed by atoms with Crippen LogP contribution >= 0.6 is 45.3 Å². The predicted octanol–water partition coefficient (Wildman–Crippen LogP) is 12.9. The Morgan fingerprint density at radius 3 is 1.38 bits per heavy atom. The van der Waals surface area contributed by atoms with E-state index in [2.05, 4.69) is 12.1 Å². The number of benzene rings is 4. The number of hydrogen-bond acceptors (Lipinski definition) is 8. The van der Waals surface area contributed by atoms with Gasteiger partial charge in [0.1, 0.15) is 65.7 Å². The van der Waals surface area contributed by atoms with E-state index in [1.165, 1.54) is 81.7 Å². The molecule has 10 aromatic rings. The number of fused-ring (bicyclic) bond motifs is 5. The molecule has 6 heterocycles. The summed E-state index contributed by atoms with van der Waals surface area (Å²) in [6.45, 7) is 0. The van der Waals surface area contributed by atoms with Gasteiger partial charge in [0.2, 0.25) is 0 Å². The first kappa shape index (κ1) is 28.2. The van der Waals surface area contributed by atoms with E-state index in [0.717, 1.165) is 31.2 Å². The van der Waals surface area contributed by atoms with Crippen molar-refractivity contribution >= 4 is 98.5 Å². The molecule has 48 heavy (non-hydrogen) atoms. The maximum atomic E-state index is 15.1. The number of thiophene rings is 2. The average Bonchev–Trinajstić information content (AvgIpc) is 3.90. The van der Waals surface area contributed by atoms with Crippen LogP contribution in [0.15, 0.2) is 93.8 Å². The Bertz CT molecular complexity index is 2660. The number of thiazole rings is 2. The Kier molecular flexibility index (Phi) is 6.05. The first-order valence-electron chi connectivity index (χ1n) is 14.4. The lowest BCUT2D eigenvalue weighted by atomic mass is 10.1. The van der Waals surface area contributed by atoms with Gasteiger partial charge in [0, 0.05) is 22.9 Å². The summed E-state index contributed by atoms with van der Waals surface area (Å²) in [4.78, 5) is 11.7. The molecule has 0 saturated heterocycles. The predicted molar refractivity (Wildman–Crippen MR) is 187 cm³/mol. The van der Waals surface area contributed by atoms with Crippen molar-refractivity contribution in [1.29, 1.82) is 0 Å². The average molecular weight is 711 g/mol. The van der Waals surface area contributed by atoms with Crippen molar-refractivity contribution in [1.82, 2.24) is 9.97 Å². The lowest BCUT2D eigenvalue weighted by Gasteiger charge is -1.97. The number of nitrogens with zero attached hydrogens (tertiary/aromatic N) is 2. The number of rotatable bonds is 4. The van der Waals surface area contributed by atoms with Crippen LogP contribution in [0.5, 0.6) is 0 Å². The van der Waals surface area contributed by atoms with Crippen molar-refractivity contribution in [3.05, 3.63) is 108 Å². The van der Waals surface area contributed by atoms with Crippen LogP contribution in [0, 0.1) is 23.3 Å². The first-order valence-corrected chi connectivity index (χ1v) is 17.7. The second-order valence-corrected chi connectivity index (χ2v) is 15.4. The van der Waals surface area contributed by atoms with Gasteiger partial charge in [0.25, 0.3) is 0 Å². The monoisotopic (exact) mass is 710 g/mol. The molecule has 0 aliphatic carbocycles. The molecule has 0 bridgehead atoms. The Morgan fingerprint density at radius 2 is 0.917 bits per heavy atom. The molecular weight excluding hydrogens is 697 g/mol. The van der Waals surface area contributed by atoms with Crippen LogP contribution in [0.2, 0.25) is 0 Å². The summed E-state index contributed by atoms with van der Waals surface area (Å²) >= 11 is 5.41. The number of halogens is 4. The lowest BCUT2D eigenvalue weighted by molar-refractivity contribution is 0.596. The van der Waals surface area contributed by atoms with E-state index in [9.17, 15) is 8.78 Å². The molecular formula is C36H14F4N2O2S4. The highest BCUT2D eigenvalue weighted by atomic mass is 32.1. The Morgan fingerprint density at radius 1 is 0.458 bits per heavy atom. The van der Waals surface area contributed by atoms with Gasteiger partial charge >= 0.3 is 0 Å². The molecule has 0 spiro atoms. The molecule has 10 rings (SSSR count). The SMILES string of the molecule is Fc1ccc2cc(-c3sc(-c4nc5cc6cc7sc(-c8cc(F)c(-c9cc%10ccc(F)cc%10o9)s8)nc7cc6cc5s4)cc3F)oc2c1. The maximum absolute atomic E-state index is 15.1. The molecule has 0 saturated carbocycles. The largest absolute Gasteiger partial charge is 0.455 e. The quantitative estimate of drug-likeness (QED) is 0.171. The summed E-state index contributed by atoms with van der Waals surface area (Å²) in [5.41, 5.74) is 2.30. The molecule has 232 valence electrons. The fourth-order valence-corrected chi connectivity index (χ4v) is 9.88. The van der Waals surface area contributed by atoms with Gasteiger partial charge in [0.15, 0.2) is 0 Å². The van der Waals surface area contributed by atoms with Gasteiger partial charge in [-0.05, 0) is 83.6 Å². The van der Waals surface area contributed by atoms with Gasteiger partial charge in [-0.2, -0.15) is 0 Å². The van der Waals surface area contributed by atoms with E-state index in [0.29, 0.717) is 63.0 Å². The van der Waals surface area contributed by atoms with Crippen LogP contribution in [-0.2, 0) is 0 Å². The van der Waals surface area contributed by atoms with E-state index in [1.54, 1.807) is 24.3 Å². The highest BCUT2D eigenvalue weighted by molar-refractivity contribution is 7.27. The van der Waals surface area contributed by atoms with Gasteiger partial charge in [-0.25, -0.2) is 27.5 Å². The van der Waals surface area contributed by atoms with Crippen molar-refractivity contribution in [3.8, 4) is 41.0 Å². The molecule has 0 radical (unpaired) electrons. The number of furan rings is 2. The third-order valence-electron chi connectivity index (χ3n) is 8.06. The Hall–Kier alpha value is -4.88. The highest BCUT2D eigenvalue weighted by Gasteiger charge is 2.21. The standard InChI is InChI=1S/C36H14F4N2O2S4/c37-19-3-1-15-7-27(43-25(15)11-19)33-21(39)13-31(45-33)35-41-23-5-17-10-30-24(6-18(17)9-29(23)47-35)42-36(48-30)32-14-22(40)34(46-32)28-8-16-2-4-20(38)12-26(16)44-28/h1-14H. The van der Waals surface area contributed by atoms with Crippen LogP contribution < -0.4 is 0 Å². The smallest absolute Gasteiger partial charge is 0.148 e. The van der Waals surface area contributed by atoms with Gasteiger partial charge in [-0.1, -0.05) is 0 Å².